The summed E-state index contributed by atoms with van der Waals surface area (Å²) >= 11 is 6.39. The number of halogens is 1. The Morgan fingerprint density at radius 3 is 2.29 bits per heavy atom. The fourth-order valence-electron chi connectivity index (χ4n) is 3.38. The van der Waals surface area contributed by atoms with Crippen LogP contribution in [0.5, 0.6) is 5.75 Å². The van der Waals surface area contributed by atoms with Gasteiger partial charge in [0.25, 0.3) is 0 Å². The van der Waals surface area contributed by atoms with Gasteiger partial charge in [-0.05, 0) is 66.8 Å². The summed E-state index contributed by atoms with van der Waals surface area (Å²) in [6, 6.07) is 12.6. The molecule has 4 nitrogen and oxygen atoms in total. The van der Waals surface area contributed by atoms with Gasteiger partial charge in [0.15, 0.2) is 5.82 Å². The molecule has 1 aromatic heterocycles. The smallest absolute Gasteiger partial charge is 0.343 e. The number of aryl methyl sites for hydroxylation is 2. The average Bonchev–Trinajstić information content (AvgIpc) is 2.79. The zero-order valence-corrected chi connectivity index (χ0v) is 19.0. The third kappa shape index (κ3) is 6.63. The highest BCUT2D eigenvalue weighted by Crippen LogP contribution is 2.23. The Labute approximate surface area is 189 Å². The van der Waals surface area contributed by atoms with Gasteiger partial charge in [0.1, 0.15) is 5.75 Å². The monoisotopic (exact) mass is 436 g/mol. The second kappa shape index (κ2) is 11.6. The molecular weight excluding hydrogens is 408 g/mol. The maximum Gasteiger partial charge on any atom is 0.343 e. The van der Waals surface area contributed by atoms with E-state index in [4.69, 9.17) is 16.3 Å². The summed E-state index contributed by atoms with van der Waals surface area (Å²) in [6.45, 7) is 4.32. The van der Waals surface area contributed by atoms with Gasteiger partial charge in [-0.1, -0.05) is 57.2 Å². The van der Waals surface area contributed by atoms with Crippen LogP contribution in [0.2, 0.25) is 5.02 Å². The van der Waals surface area contributed by atoms with Crippen LogP contribution >= 0.6 is 11.6 Å². The second-order valence-corrected chi connectivity index (χ2v) is 8.10. The van der Waals surface area contributed by atoms with Gasteiger partial charge >= 0.3 is 5.97 Å². The molecule has 0 unspecified atom stereocenters. The molecule has 0 aliphatic rings. The lowest BCUT2D eigenvalue weighted by Gasteiger charge is -2.08. The molecule has 0 aliphatic heterocycles. The summed E-state index contributed by atoms with van der Waals surface area (Å²) in [5.41, 5.74) is 3.52. The fraction of sp³-hybridized carbons (Fsp3) is 0.346. The van der Waals surface area contributed by atoms with Crippen LogP contribution in [-0.2, 0) is 12.8 Å². The normalized spacial score (nSPS) is 10.8. The summed E-state index contributed by atoms with van der Waals surface area (Å²) in [6.07, 6.45) is 11.4. The van der Waals surface area contributed by atoms with Crippen molar-refractivity contribution < 1.29 is 9.53 Å². The van der Waals surface area contributed by atoms with Crippen molar-refractivity contribution >= 4 is 17.6 Å². The van der Waals surface area contributed by atoms with E-state index >= 15 is 0 Å². The molecule has 0 radical (unpaired) electrons. The Balaban J connectivity index is 1.60. The first kappa shape index (κ1) is 23.0. The summed E-state index contributed by atoms with van der Waals surface area (Å²) in [5, 5.41) is 0.616. The van der Waals surface area contributed by atoms with Crippen molar-refractivity contribution in [2.24, 2.45) is 0 Å². The molecule has 3 aromatic rings. The minimum Gasteiger partial charge on any atom is -0.423 e. The van der Waals surface area contributed by atoms with Crippen LogP contribution < -0.4 is 4.74 Å². The molecule has 2 aromatic carbocycles. The number of esters is 1. The molecule has 0 N–H and O–H groups in total. The molecule has 1 heterocycles. The average molecular weight is 437 g/mol. The van der Waals surface area contributed by atoms with E-state index in [9.17, 15) is 4.79 Å². The number of aromatic nitrogens is 2. The molecule has 162 valence electrons. The van der Waals surface area contributed by atoms with E-state index in [1.165, 1.54) is 19.3 Å². The van der Waals surface area contributed by atoms with Gasteiger partial charge in [0.2, 0.25) is 0 Å². The van der Waals surface area contributed by atoms with E-state index in [0.717, 1.165) is 42.4 Å². The van der Waals surface area contributed by atoms with Crippen molar-refractivity contribution in [2.75, 3.05) is 0 Å². The highest BCUT2D eigenvalue weighted by molar-refractivity contribution is 6.31. The van der Waals surface area contributed by atoms with E-state index in [1.54, 1.807) is 24.3 Å². The van der Waals surface area contributed by atoms with Crippen LogP contribution in [0, 0.1) is 0 Å². The molecule has 0 spiro atoms. The Kier molecular flexibility index (Phi) is 8.60. The number of carbonyl (C=O) groups is 1. The third-order valence-electron chi connectivity index (χ3n) is 5.16. The van der Waals surface area contributed by atoms with E-state index in [1.807, 2.05) is 30.6 Å². The lowest BCUT2D eigenvalue weighted by molar-refractivity contribution is 0.0735. The zero-order chi connectivity index (χ0) is 22.1. The predicted molar refractivity (Wildman–Crippen MR) is 126 cm³/mol. The van der Waals surface area contributed by atoms with E-state index < -0.39 is 5.97 Å². The number of hydrogen-bond acceptors (Lipinski definition) is 4. The lowest BCUT2D eigenvalue weighted by atomic mass is 10.0. The van der Waals surface area contributed by atoms with Crippen LogP contribution in [0.3, 0.4) is 0 Å². The highest BCUT2D eigenvalue weighted by Gasteiger charge is 2.12. The molecule has 0 saturated carbocycles. The van der Waals surface area contributed by atoms with Gasteiger partial charge in [0, 0.05) is 23.0 Å². The molecule has 0 aliphatic carbocycles. The number of nitrogens with zero attached hydrogens (tertiary/aromatic N) is 2. The Morgan fingerprint density at radius 2 is 1.65 bits per heavy atom. The van der Waals surface area contributed by atoms with Gasteiger partial charge in [-0.2, -0.15) is 0 Å². The van der Waals surface area contributed by atoms with E-state index in [2.05, 4.69) is 23.8 Å². The van der Waals surface area contributed by atoms with Crippen molar-refractivity contribution in [3.8, 4) is 17.1 Å². The van der Waals surface area contributed by atoms with Crippen molar-refractivity contribution in [3.63, 3.8) is 0 Å². The van der Waals surface area contributed by atoms with Gasteiger partial charge in [-0.25, -0.2) is 14.8 Å². The number of rotatable bonds is 10. The van der Waals surface area contributed by atoms with Gasteiger partial charge in [-0.15, -0.1) is 0 Å². The molecule has 0 amide bonds. The Morgan fingerprint density at radius 1 is 0.903 bits per heavy atom. The highest BCUT2D eigenvalue weighted by atomic mass is 35.5. The summed E-state index contributed by atoms with van der Waals surface area (Å²) in [7, 11) is 0. The largest absolute Gasteiger partial charge is 0.423 e. The number of unbranched alkanes of at least 4 members (excludes halogenated alkanes) is 3. The predicted octanol–water partition coefficient (Wildman–Crippen LogP) is 7.09. The van der Waals surface area contributed by atoms with Crippen LogP contribution in [0.15, 0.2) is 54.9 Å². The Hall–Kier alpha value is -2.72. The third-order valence-corrected chi connectivity index (χ3v) is 5.51. The topological polar surface area (TPSA) is 52.1 Å². The quantitative estimate of drug-likeness (QED) is 0.193. The van der Waals surface area contributed by atoms with Crippen molar-refractivity contribution in [3.05, 3.63) is 76.6 Å². The zero-order valence-electron chi connectivity index (χ0n) is 18.2. The first-order valence-electron chi connectivity index (χ1n) is 11.0. The Bertz CT molecular complexity index is 985. The molecule has 0 atom stereocenters. The van der Waals surface area contributed by atoms with Crippen LogP contribution in [0.4, 0.5) is 0 Å². The molecule has 5 heteroatoms. The summed E-state index contributed by atoms with van der Waals surface area (Å²) in [4.78, 5) is 21.4. The van der Waals surface area contributed by atoms with Crippen LogP contribution in [0.1, 0.15) is 67.4 Å². The minimum absolute atomic E-state index is 0.424. The summed E-state index contributed by atoms with van der Waals surface area (Å²) in [5.74, 6) is 0.697. The van der Waals surface area contributed by atoms with Gasteiger partial charge < -0.3 is 4.74 Å². The number of hydrogen-bond donors (Lipinski definition) is 0. The van der Waals surface area contributed by atoms with E-state index in [0.29, 0.717) is 22.2 Å². The van der Waals surface area contributed by atoms with E-state index in [-0.39, 0.29) is 0 Å². The molecule has 3 rings (SSSR count). The first-order valence-corrected chi connectivity index (χ1v) is 11.4. The number of benzene rings is 2. The molecule has 0 fully saturated rings. The van der Waals surface area contributed by atoms with Crippen LogP contribution in [0.25, 0.3) is 11.4 Å². The number of carbonyl (C=O) groups excluding carboxylic acids is 1. The molecule has 0 saturated heterocycles. The molecular formula is C26H29ClN2O2. The molecule has 0 bridgehead atoms. The SMILES string of the molecule is CCCCCCc1ccc(C(=O)Oc2ccc(-c3ncc(CCC)cn3)cc2)cc1Cl. The minimum atomic E-state index is -0.424. The standard InChI is InChI=1S/C26H29ClN2O2/c1-3-5-6-7-9-20-10-11-22(16-24(20)27)26(30)31-23-14-12-21(13-15-23)25-28-17-19(8-4-2)18-29-25/h10-18H,3-9H2,1-2H3. The number of ether oxygens (including phenoxy) is 1. The maximum absolute atomic E-state index is 12.5. The van der Waals surface area contributed by atoms with Gasteiger partial charge in [-0.3, -0.25) is 0 Å². The fourth-order valence-corrected chi connectivity index (χ4v) is 3.65. The maximum atomic E-state index is 12.5. The van der Waals surface area contributed by atoms with Crippen molar-refractivity contribution in [2.45, 2.75) is 58.8 Å². The lowest BCUT2D eigenvalue weighted by Crippen LogP contribution is -2.08. The second-order valence-electron chi connectivity index (χ2n) is 7.70. The first-order chi connectivity index (χ1) is 15.1. The van der Waals surface area contributed by atoms with Crippen LogP contribution in [-0.4, -0.2) is 15.9 Å². The van der Waals surface area contributed by atoms with Crippen molar-refractivity contribution in [1.82, 2.24) is 9.97 Å². The molecule has 31 heavy (non-hydrogen) atoms. The summed E-state index contributed by atoms with van der Waals surface area (Å²) < 4.78 is 5.51. The van der Waals surface area contributed by atoms with Gasteiger partial charge in [0.05, 0.1) is 5.56 Å². The van der Waals surface area contributed by atoms with Crippen molar-refractivity contribution in [1.29, 1.82) is 0 Å².